The summed E-state index contributed by atoms with van der Waals surface area (Å²) in [4.78, 5) is 0.128. The first kappa shape index (κ1) is 43.5. The van der Waals surface area contributed by atoms with Gasteiger partial charge in [0.2, 0.25) is 0 Å². The summed E-state index contributed by atoms with van der Waals surface area (Å²) >= 11 is 0. The van der Waals surface area contributed by atoms with Crippen molar-refractivity contribution in [1.82, 2.24) is 0 Å². The topological polar surface area (TPSA) is 119 Å². The van der Waals surface area contributed by atoms with E-state index in [0.29, 0.717) is 26.4 Å². The molecule has 1 N–H and O–H groups in total. The van der Waals surface area contributed by atoms with E-state index in [1.54, 1.807) is 36.4 Å². The molecule has 5 rings (SSSR count). The van der Waals surface area contributed by atoms with Crippen molar-refractivity contribution in [3.8, 4) is 0 Å². The number of hydrogen-bond acceptors (Lipinski definition) is 10. The largest absolute Gasteiger partial charge is 0.394 e. The molecular formula is C43H58O10S. The summed E-state index contributed by atoms with van der Waals surface area (Å²) in [6.45, 7) is 19.1. The van der Waals surface area contributed by atoms with Crippen molar-refractivity contribution < 1.29 is 46.1 Å². The van der Waals surface area contributed by atoms with Gasteiger partial charge in [0.05, 0.1) is 56.7 Å². The quantitative estimate of drug-likeness (QED) is 0.111. The molecule has 2 aliphatic rings. The Bertz CT molecular complexity index is 1640. The molecule has 0 unspecified atom stereocenters. The lowest BCUT2D eigenvalue weighted by atomic mass is 9.83. The van der Waals surface area contributed by atoms with E-state index in [1.165, 1.54) is 0 Å². The van der Waals surface area contributed by atoms with E-state index in [-0.39, 0.29) is 60.1 Å². The maximum absolute atomic E-state index is 12.6. The predicted molar refractivity (Wildman–Crippen MR) is 208 cm³/mol. The zero-order chi connectivity index (χ0) is 39.1. The third-order valence-corrected chi connectivity index (χ3v) is 11.5. The van der Waals surface area contributed by atoms with Gasteiger partial charge in [-0.3, -0.25) is 4.18 Å². The summed E-state index contributed by atoms with van der Waals surface area (Å²) in [7, 11) is -3.88. The standard InChI is InChI=1S/C25H32O6S.C18H26O4/c1-5-15-28-25-24(29-16-21-9-7-6-8-10-21)20(4)19(3)23(31-25)17-30-32(26,27)22-13-11-18(2)12-14-22;1-4-10-20-18-17(14(3)13(2)16(11-19)22-18)21-12-15-8-6-5-7-9-15/h5-14,19-20,23-25H,1,15-17H2,2-4H3;4-9,13-14,16-19H,1,10-12H2,2-3H3/t19-,20-,23+,24+,25-;13-,14-,16+,17+,18-/m00/s1. The lowest BCUT2D eigenvalue weighted by molar-refractivity contribution is -0.284. The lowest BCUT2D eigenvalue weighted by Gasteiger charge is -2.44. The maximum atomic E-state index is 12.6. The van der Waals surface area contributed by atoms with Gasteiger partial charge in [-0.15, -0.1) is 13.2 Å². The Morgan fingerprint density at radius 3 is 1.54 bits per heavy atom. The lowest BCUT2D eigenvalue weighted by Crippen LogP contribution is -2.52. The van der Waals surface area contributed by atoms with Gasteiger partial charge in [0, 0.05) is 0 Å². The number of rotatable bonds is 17. The molecule has 2 heterocycles. The summed E-state index contributed by atoms with van der Waals surface area (Å²) in [5.74, 6) is 0.476. The van der Waals surface area contributed by atoms with Crippen molar-refractivity contribution in [2.75, 3.05) is 26.4 Å². The molecule has 0 bridgehead atoms. The van der Waals surface area contributed by atoms with Gasteiger partial charge in [-0.1, -0.05) is 118 Å². The molecule has 0 aromatic heterocycles. The minimum absolute atomic E-state index is 0.00688. The van der Waals surface area contributed by atoms with Gasteiger partial charge in [-0.25, -0.2) is 0 Å². The Morgan fingerprint density at radius 1 is 0.648 bits per heavy atom. The molecule has 296 valence electrons. The fraction of sp³-hybridized carbons (Fsp3) is 0.488. The van der Waals surface area contributed by atoms with Crippen molar-refractivity contribution in [3.63, 3.8) is 0 Å². The fourth-order valence-corrected chi connectivity index (χ4v) is 7.36. The zero-order valence-electron chi connectivity index (χ0n) is 32.2. The van der Waals surface area contributed by atoms with Gasteiger partial charge in [0.15, 0.2) is 12.6 Å². The fourth-order valence-electron chi connectivity index (χ4n) is 6.44. The van der Waals surface area contributed by atoms with Crippen LogP contribution in [0.3, 0.4) is 0 Å². The van der Waals surface area contributed by atoms with Gasteiger partial charge in [0.1, 0.15) is 12.2 Å². The normalized spacial score (nSPS) is 28.4. The van der Waals surface area contributed by atoms with Crippen molar-refractivity contribution in [2.24, 2.45) is 23.7 Å². The van der Waals surface area contributed by atoms with Crippen LogP contribution in [0.1, 0.15) is 44.4 Å². The minimum Gasteiger partial charge on any atom is -0.394 e. The summed E-state index contributed by atoms with van der Waals surface area (Å²) < 4.78 is 66.4. The van der Waals surface area contributed by atoms with Crippen molar-refractivity contribution in [3.05, 3.63) is 127 Å². The minimum atomic E-state index is -3.88. The maximum Gasteiger partial charge on any atom is 0.297 e. The van der Waals surface area contributed by atoms with E-state index in [1.807, 2.05) is 74.5 Å². The highest BCUT2D eigenvalue weighted by molar-refractivity contribution is 7.86. The molecule has 3 aromatic rings. The highest BCUT2D eigenvalue weighted by atomic mass is 32.2. The average molecular weight is 767 g/mol. The van der Waals surface area contributed by atoms with E-state index >= 15 is 0 Å². The Kier molecular flexibility index (Phi) is 17.5. The summed E-state index contributed by atoms with van der Waals surface area (Å²) in [5, 5.41) is 9.48. The summed E-state index contributed by atoms with van der Waals surface area (Å²) in [6.07, 6.45) is 1.04. The van der Waals surface area contributed by atoms with E-state index < -0.39 is 28.8 Å². The number of aliphatic hydroxyl groups is 1. The molecule has 2 aliphatic heterocycles. The molecule has 3 aromatic carbocycles. The molecule has 10 atom stereocenters. The van der Waals surface area contributed by atoms with E-state index in [9.17, 15) is 13.5 Å². The summed E-state index contributed by atoms with van der Waals surface area (Å²) in [6, 6.07) is 26.5. The van der Waals surface area contributed by atoms with Crippen LogP contribution in [0.4, 0.5) is 0 Å². The number of ether oxygens (including phenoxy) is 6. The van der Waals surface area contributed by atoms with Gasteiger partial charge in [0.25, 0.3) is 10.1 Å². The molecule has 0 spiro atoms. The highest BCUT2D eigenvalue weighted by Gasteiger charge is 2.44. The Hall–Kier alpha value is -3.23. The smallest absolute Gasteiger partial charge is 0.297 e. The van der Waals surface area contributed by atoms with E-state index in [2.05, 4.69) is 33.9 Å². The number of hydrogen-bond donors (Lipinski definition) is 1. The van der Waals surface area contributed by atoms with Crippen LogP contribution in [0.15, 0.2) is 115 Å². The molecule has 0 aliphatic carbocycles. The van der Waals surface area contributed by atoms with Crippen LogP contribution >= 0.6 is 0 Å². The second-order valence-electron chi connectivity index (χ2n) is 14.0. The zero-order valence-corrected chi connectivity index (χ0v) is 33.0. The van der Waals surface area contributed by atoms with Crippen molar-refractivity contribution in [1.29, 1.82) is 0 Å². The third-order valence-electron chi connectivity index (χ3n) is 10.2. The molecule has 11 heteroatoms. The van der Waals surface area contributed by atoms with Gasteiger partial charge in [-0.05, 0) is 53.9 Å². The van der Waals surface area contributed by atoms with Crippen LogP contribution in [0.25, 0.3) is 0 Å². The van der Waals surface area contributed by atoms with Gasteiger partial charge in [-0.2, -0.15) is 8.42 Å². The van der Waals surface area contributed by atoms with Crippen molar-refractivity contribution in [2.45, 2.75) is 89.7 Å². The predicted octanol–water partition coefficient (Wildman–Crippen LogP) is 7.25. The van der Waals surface area contributed by atoms with Crippen LogP contribution in [0.2, 0.25) is 0 Å². The van der Waals surface area contributed by atoms with Crippen molar-refractivity contribution >= 4 is 10.1 Å². The molecular weight excluding hydrogens is 709 g/mol. The van der Waals surface area contributed by atoms with Crippen LogP contribution < -0.4 is 0 Å². The molecule has 54 heavy (non-hydrogen) atoms. The summed E-state index contributed by atoms with van der Waals surface area (Å²) in [5.41, 5.74) is 3.16. The van der Waals surface area contributed by atoms with E-state index in [0.717, 1.165) is 16.7 Å². The SMILES string of the molecule is C=CCO[C@H]1O[C@H](CO)[C@@H](C)[C@H](C)[C@H]1OCc1ccccc1.C=CCO[C@H]1O[C@H](COS(=O)(=O)c2ccc(C)cc2)[C@@H](C)[C@H](C)[C@H]1OCc1ccccc1. The van der Waals surface area contributed by atoms with Crippen LogP contribution in [-0.4, -0.2) is 76.9 Å². The molecule has 2 saturated heterocycles. The molecule has 0 saturated carbocycles. The first-order valence-electron chi connectivity index (χ1n) is 18.6. The number of aryl methyl sites for hydroxylation is 1. The Morgan fingerprint density at radius 2 is 1.09 bits per heavy atom. The molecule has 0 radical (unpaired) electrons. The number of aliphatic hydroxyl groups excluding tert-OH is 1. The highest BCUT2D eigenvalue weighted by Crippen LogP contribution is 2.35. The van der Waals surface area contributed by atoms with Crippen LogP contribution in [0, 0.1) is 30.6 Å². The van der Waals surface area contributed by atoms with Crippen LogP contribution in [-0.2, 0) is 55.9 Å². The molecule has 10 nitrogen and oxygen atoms in total. The van der Waals surface area contributed by atoms with Gasteiger partial charge >= 0.3 is 0 Å². The second-order valence-corrected chi connectivity index (χ2v) is 15.6. The third kappa shape index (κ3) is 12.4. The second kappa shape index (κ2) is 21.8. The Labute approximate surface area is 322 Å². The first-order valence-corrected chi connectivity index (χ1v) is 20.0. The first-order chi connectivity index (χ1) is 26.0. The number of benzene rings is 3. The van der Waals surface area contributed by atoms with Crippen LogP contribution in [0.5, 0.6) is 0 Å². The van der Waals surface area contributed by atoms with Gasteiger partial charge < -0.3 is 33.5 Å². The van der Waals surface area contributed by atoms with E-state index in [4.69, 9.17) is 32.6 Å². The monoisotopic (exact) mass is 766 g/mol. The molecule has 0 amide bonds. The average Bonchev–Trinajstić information content (AvgIpc) is 3.18. The molecule has 2 fully saturated rings. The Balaban J connectivity index is 0.000000258.